The first-order valence-corrected chi connectivity index (χ1v) is 17.4. The molecule has 2 aromatic carbocycles. The van der Waals surface area contributed by atoms with Crippen LogP contribution in [-0.2, 0) is 28.4 Å². The molecule has 2 atom stereocenters. The number of hydrogen-bond donors (Lipinski definition) is 0. The van der Waals surface area contributed by atoms with Crippen molar-refractivity contribution < 1.29 is 28.4 Å². The third kappa shape index (κ3) is 11.0. The predicted octanol–water partition coefficient (Wildman–Crippen LogP) is 3.41. The summed E-state index contributed by atoms with van der Waals surface area (Å²) in [6.07, 6.45) is 1.13. The van der Waals surface area contributed by atoms with E-state index in [0.717, 1.165) is 74.2 Å². The Bertz CT molecular complexity index is 1330. The van der Waals surface area contributed by atoms with Gasteiger partial charge in [-0.2, -0.15) is 0 Å². The lowest BCUT2D eigenvalue weighted by Gasteiger charge is -2.26. The number of aromatic nitrogens is 6. The van der Waals surface area contributed by atoms with E-state index in [-0.39, 0.29) is 12.5 Å². The maximum atomic E-state index is 6.10. The highest BCUT2D eigenvalue weighted by atomic mass is 16.5. The second-order valence-electron chi connectivity index (χ2n) is 11.6. The molecule has 0 bridgehead atoms. The maximum Gasteiger partial charge on any atom is 0.153 e. The summed E-state index contributed by atoms with van der Waals surface area (Å²) >= 11 is 0. The molecular formula is C34H52N8O6. The van der Waals surface area contributed by atoms with E-state index < -0.39 is 0 Å². The van der Waals surface area contributed by atoms with Gasteiger partial charge in [-0.3, -0.25) is 9.80 Å². The van der Waals surface area contributed by atoms with Crippen LogP contribution in [-0.4, -0.2) is 145 Å². The van der Waals surface area contributed by atoms with Crippen LogP contribution >= 0.6 is 0 Å². The Labute approximate surface area is 283 Å². The van der Waals surface area contributed by atoms with Gasteiger partial charge in [0.15, 0.2) is 12.5 Å². The first-order valence-electron chi connectivity index (χ1n) is 17.4. The second-order valence-corrected chi connectivity index (χ2v) is 11.6. The molecule has 4 aromatic rings. The summed E-state index contributed by atoms with van der Waals surface area (Å²) in [6.45, 7) is 14.6. The molecule has 0 N–H and O–H groups in total. The fourth-order valence-electron chi connectivity index (χ4n) is 5.81. The van der Waals surface area contributed by atoms with Crippen molar-refractivity contribution in [3.05, 3.63) is 48.5 Å². The molecule has 1 aliphatic rings. The number of para-hydroxylation sites is 2. The summed E-state index contributed by atoms with van der Waals surface area (Å²) < 4.78 is 39.9. The number of benzene rings is 2. The van der Waals surface area contributed by atoms with Crippen LogP contribution in [0.25, 0.3) is 22.1 Å². The molecule has 0 aliphatic carbocycles. The highest BCUT2D eigenvalue weighted by Gasteiger charge is 2.19. The van der Waals surface area contributed by atoms with E-state index >= 15 is 0 Å². The van der Waals surface area contributed by atoms with Crippen LogP contribution in [0.2, 0.25) is 0 Å². The summed E-state index contributed by atoms with van der Waals surface area (Å²) in [5.74, 6) is 0. The number of rotatable bonds is 12. The Morgan fingerprint density at radius 1 is 0.562 bits per heavy atom. The maximum absolute atomic E-state index is 6.10. The van der Waals surface area contributed by atoms with Crippen molar-refractivity contribution in [2.45, 2.75) is 39.1 Å². The fraction of sp³-hybridized carbons (Fsp3) is 0.647. The van der Waals surface area contributed by atoms with Crippen molar-refractivity contribution in [1.82, 2.24) is 39.8 Å². The molecule has 1 aliphatic heterocycles. The van der Waals surface area contributed by atoms with Crippen LogP contribution < -0.4 is 0 Å². The van der Waals surface area contributed by atoms with E-state index in [9.17, 15) is 0 Å². The molecule has 264 valence electrons. The Morgan fingerprint density at radius 3 is 1.31 bits per heavy atom. The Balaban J connectivity index is 1.08. The van der Waals surface area contributed by atoms with Gasteiger partial charge in [0.05, 0.1) is 63.9 Å². The molecule has 1 fully saturated rings. The van der Waals surface area contributed by atoms with Crippen LogP contribution in [0, 0.1) is 0 Å². The third-order valence-corrected chi connectivity index (χ3v) is 8.35. The van der Waals surface area contributed by atoms with Crippen LogP contribution in [0.5, 0.6) is 0 Å². The summed E-state index contributed by atoms with van der Waals surface area (Å²) in [5.41, 5.74) is 3.68. The third-order valence-electron chi connectivity index (χ3n) is 8.35. The molecule has 3 heterocycles. The molecule has 5 rings (SSSR count). The normalized spacial score (nSPS) is 18.9. The molecule has 0 radical (unpaired) electrons. The molecule has 14 nitrogen and oxygen atoms in total. The van der Waals surface area contributed by atoms with E-state index in [4.69, 9.17) is 28.4 Å². The largest absolute Gasteiger partial charge is 0.378 e. The Kier molecular flexibility index (Phi) is 15.4. The minimum atomic E-state index is -0.203. The lowest BCUT2D eigenvalue weighted by molar-refractivity contribution is -0.0211. The average molecular weight is 669 g/mol. The van der Waals surface area contributed by atoms with Gasteiger partial charge in [0.25, 0.3) is 0 Å². The smallest absolute Gasteiger partial charge is 0.153 e. The van der Waals surface area contributed by atoms with Gasteiger partial charge in [0.1, 0.15) is 11.0 Å². The molecule has 14 heteroatoms. The number of hydrogen-bond acceptors (Lipinski definition) is 12. The predicted molar refractivity (Wildman–Crippen MR) is 182 cm³/mol. The quantitative estimate of drug-likeness (QED) is 0.220. The van der Waals surface area contributed by atoms with Crippen LogP contribution in [0.3, 0.4) is 0 Å². The summed E-state index contributed by atoms with van der Waals surface area (Å²) in [4.78, 5) is 4.71. The first-order chi connectivity index (χ1) is 23.8. The molecule has 2 unspecified atom stereocenters. The van der Waals surface area contributed by atoms with Gasteiger partial charge in [0, 0.05) is 65.3 Å². The fourth-order valence-corrected chi connectivity index (χ4v) is 5.81. The number of nitrogens with zero attached hydrogens (tertiary/aromatic N) is 8. The zero-order chi connectivity index (χ0) is 33.2. The summed E-state index contributed by atoms with van der Waals surface area (Å²) in [5, 5.41) is 17.4. The van der Waals surface area contributed by atoms with Gasteiger partial charge in [-0.25, -0.2) is 9.36 Å². The summed E-state index contributed by atoms with van der Waals surface area (Å²) in [7, 11) is 0. The zero-order valence-electron chi connectivity index (χ0n) is 28.5. The van der Waals surface area contributed by atoms with Gasteiger partial charge in [-0.05, 0) is 38.1 Å². The van der Waals surface area contributed by atoms with Crippen molar-refractivity contribution in [2.75, 3.05) is 105 Å². The zero-order valence-corrected chi connectivity index (χ0v) is 28.5. The van der Waals surface area contributed by atoms with Crippen molar-refractivity contribution in [3.8, 4) is 0 Å². The highest BCUT2D eigenvalue weighted by Crippen LogP contribution is 2.21. The van der Waals surface area contributed by atoms with Crippen LogP contribution in [0.4, 0.5) is 0 Å². The standard InChI is InChI=1S/C34H52N8O6/c1-3-47-33(41-31-11-7-5-9-29(31)35-37-41)13-15-39-17-21-43-25-27-45-23-19-40(20-24-46-28-26-44-22-18-39)16-14-34(48-4-2)42-32-12-8-6-10-30(32)36-38-42/h5-12,33-34H,3-4,13-28H2,1-2H3. The van der Waals surface area contributed by atoms with Gasteiger partial charge >= 0.3 is 0 Å². The van der Waals surface area contributed by atoms with Gasteiger partial charge in [-0.15, -0.1) is 10.2 Å². The molecule has 0 saturated carbocycles. The van der Waals surface area contributed by atoms with Crippen molar-refractivity contribution in [3.63, 3.8) is 0 Å². The van der Waals surface area contributed by atoms with E-state index in [1.54, 1.807) is 0 Å². The van der Waals surface area contributed by atoms with E-state index in [1.807, 2.05) is 71.7 Å². The molecule has 0 spiro atoms. The van der Waals surface area contributed by atoms with Gasteiger partial charge < -0.3 is 28.4 Å². The molecular weight excluding hydrogens is 616 g/mol. The topological polar surface area (TPSA) is 123 Å². The lowest BCUT2D eigenvalue weighted by atomic mass is 10.3. The van der Waals surface area contributed by atoms with Crippen molar-refractivity contribution in [1.29, 1.82) is 0 Å². The number of fused-ring (bicyclic) bond motifs is 2. The minimum absolute atomic E-state index is 0.203. The molecule has 0 amide bonds. The van der Waals surface area contributed by atoms with E-state index in [2.05, 4.69) is 30.4 Å². The van der Waals surface area contributed by atoms with Crippen molar-refractivity contribution >= 4 is 22.1 Å². The minimum Gasteiger partial charge on any atom is -0.378 e. The average Bonchev–Trinajstić information content (AvgIpc) is 3.74. The van der Waals surface area contributed by atoms with Gasteiger partial charge in [0.2, 0.25) is 0 Å². The van der Waals surface area contributed by atoms with Crippen molar-refractivity contribution in [2.24, 2.45) is 0 Å². The van der Waals surface area contributed by atoms with Crippen LogP contribution in [0.1, 0.15) is 39.1 Å². The Morgan fingerprint density at radius 2 is 0.938 bits per heavy atom. The van der Waals surface area contributed by atoms with E-state index in [0.29, 0.717) is 66.1 Å². The highest BCUT2D eigenvalue weighted by molar-refractivity contribution is 5.74. The molecule has 1 saturated heterocycles. The molecule has 48 heavy (non-hydrogen) atoms. The second kappa shape index (κ2) is 20.4. The number of ether oxygens (including phenoxy) is 6. The SMILES string of the molecule is CCOC(CCN1CCOCCOCCN(CCC(OCC)n2nnc3ccccc32)CCOCCOCC1)n1nnc2ccccc21. The van der Waals surface area contributed by atoms with E-state index in [1.165, 1.54) is 0 Å². The Hall–Kier alpha value is -3.08. The summed E-state index contributed by atoms with van der Waals surface area (Å²) in [6, 6.07) is 15.9. The first kappa shape index (κ1) is 36.2. The van der Waals surface area contributed by atoms with Gasteiger partial charge in [-0.1, -0.05) is 34.7 Å². The monoisotopic (exact) mass is 668 g/mol. The molecule has 2 aromatic heterocycles. The lowest BCUT2D eigenvalue weighted by Crippen LogP contribution is -2.35. The van der Waals surface area contributed by atoms with Crippen LogP contribution in [0.15, 0.2) is 48.5 Å².